The highest BCUT2D eigenvalue weighted by molar-refractivity contribution is 5.95. The van der Waals surface area contributed by atoms with Crippen molar-refractivity contribution in [3.63, 3.8) is 0 Å². The number of carboxylic acid groups (broad SMARTS) is 1. The first kappa shape index (κ1) is 102. The molecule has 3 amide bonds. The first-order valence-electron chi connectivity index (χ1n) is 49.3. The molecule has 33 nitrogen and oxygen atoms in total. The Bertz CT molecular complexity index is 7120. The number of aromatic nitrogens is 2. The predicted octanol–water partition coefficient (Wildman–Crippen LogP) is 16.3. The van der Waals surface area contributed by atoms with Gasteiger partial charge in [-0.25, -0.2) is 24.4 Å². The summed E-state index contributed by atoms with van der Waals surface area (Å²) in [6.45, 7) is 9.98. The van der Waals surface area contributed by atoms with Crippen LogP contribution in [-0.4, -0.2) is 239 Å². The van der Waals surface area contributed by atoms with Crippen LogP contribution >= 0.6 is 0 Å². The summed E-state index contributed by atoms with van der Waals surface area (Å²) in [5.74, 6) is 3.62. The number of nitrogens with two attached hydrogens (primary N) is 1. The number of carbonyl (C=O) groups excluding carboxylic acids is 3. The normalized spacial score (nSPS) is 19.4. The second kappa shape index (κ2) is 43.0. The van der Waals surface area contributed by atoms with Crippen molar-refractivity contribution in [2.24, 2.45) is 5.73 Å². The van der Waals surface area contributed by atoms with E-state index in [1.807, 2.05) is 115 Å². The smallest absolute Gasteiger partial charge is 0.407 e. The summed E-state index contributed by atoms with van der Waals surface area (Å²) in [6.07, 6.45) is 3.73. The zero-order chi connectivity index (χ0) is 104. The van der Waals surface area contributed by atoms with E-state index >= 15 is 0 Å². The van der Waals surface area contributed by atoms with Gasteiger partial charge in [0, 0.05) is 140 Å². The molecule has 8 heterocycles. The number of phenolic OH excluding ortho intramolecular Hbond substituents is 4. The Morgan fingerprint density at radius 2 is 0.748 bits per heavy atom. The van der Waals surface area contributed by atoms with Gasteiger partial charge < -0.3 is 104 Å². The zero-order valence-electron chi connectivity index (χ0n) is 84.7. The van der Waals surface area contributed by atoms with Crippen LogP contribution in [0, 0.1) is 50.4 Å². The van der Waals surface area contributed by atoms with Gasteiger partial charge in [0.05, 0.1) is 117 Å². The molecule has 2 aliphatic carbocycles. The average molecular weight is 2000 g/mol. The Hall–Kier alpha value is -15.5. The van der Waals surface area contributed by atoms with Crippen molar-refractivity contribution >= 4 is 45.9 Å². The van der Waals surface area contributed by atoms with E-state index in [0.29, 0.717) is 173 Å². The number of methoxy groups -OCH3 is 8. The molecule has 0 radical (unpaired) electrons. The fraction of sp³-hybridized carbons (Fsp3) is 0.368. The number of hydrogen-bond acceptors (Lipinski definition) is 29. The molecule has 0 saturated carbocycles. The quantitative estimate of drug-likeness (QED) is 0.0197. The zero-order valence-corrected chi connectivity index (χ0v) is 84.7. The molecule has 10 atom stereocenters. The van der Waals surface area contributed by atoms with Crippen LogP contribution in [0.3, 0.4) is 0 Å². The average Bonchev–Trinajstić information content (AvgIpc) is 1.21. The number of fused-ring (bicyclic) bond motifs is 22. The lowest BCUT2D eigenvalue weighted by atomic mass is 9.71. The summed E-state index contributed by atoms with van der Waals surface area (Å²) >= 11 is 0. The van der Waals surface area contributed by atoms with E-state index in [1.54, 1.807) is 58.8 Å². The Labute approximate surface area is 852 Å². The standard InChI is InChI=1S/C57H60N6O10.C29H26N2O5.C28H36N4O6/c1-30-52(68-4)38-26-44-49-48-39(53(69-5)31(2)55(71-7)51(48)65)25-43(62(49)3)45(27-58)63(44)46(47(38)50(64)54(30)70-6)28-60-56(66)42-20-18-32-24-33(19-21-41(32)61-42)72-23-13-12-22-59-57(67)73-29-40-36-16-10-8-14-34(36)35-15-9-11-17-37(35)40;32-28(33)27-13-11-19-17-20(12-14-26(19)31-27)35-16-6-5-15-30-29(34)36-18-25-23-9-3-1-7-21(23)22-8-2-4-10-24(22)25;1-12-25(35-4)14-9-17-22-21-15(26(36-5)13(2)28(38-7)24(21)34)8-16(31(22)3)18(10-29)32(17)19(11-30)20(14)23(33)27(12)37-6/h8-11,14-21,24,40,43-46,49,64-65H,12-13,22-23,25-26,28-29H2,1-7H3,(H,59,67)(H,60,66);1-4,7-14,17,25H,5-6,15-16,18H2,(H,30,34)(H,32,33);16-19,22,33-34H,8-9,11,30H2,1-7H3/t43-,44-,45-,46-,49-;;16-,17-,18-,19-,22-/m0.0/s1. The minimum Gasteiger partial charge on any atom is -0.504 e. The maximum absolute atomic E-state index is 14.2. The summed E-state index contributed by atoms with van der Waals surface area (Å²) in [5, 5.41) is 88.1. The molecular weight excluding hydrogens is 1870 g/mol. The highest BCUT2D eigenvalue weighted by Gasteiger charge is 2.60. The van der Waals surface area contributed by atoms with Crippen molar-refractivity contribution < 1.29 is 102 Å². The number of aromatic carboxylic acids is 1. The summed E-state index contributed by atoms with van der Waals surface area (Å²) in [7, 11) is 16.4. The van der Waals surface area contributed by atoms with Crippen LogP contribution in [0.1, 0.15) is 172 Å². The van der Waals surface area contributed by atoms with Crippen LogP contribution in [0.15, 0.2) is 158 Å². The van der Waals surface area contributed by atoms with Crippen LogP contribution in [0.25, 0.3) is 44.1 Å². The molecule has 147 heavy (non-hydrogen) atoms. The van der Waals surface area contributed by atoms with Gasteiger partial charge in [-0.2, -0.15) is 10.5 Å². The number of rotatable bonds is 29. The van der Waals surface area contributed by atoms with Gasteiger partial charge in [0.1, 0.15) is 71.2 Å². The summed E-state index contributed by atoms with van der Waals surface area (Å²) < 4.78 is 69.5. The molecular formula is C114H122N12O21. The van der Waals surface area contributed by atoms with Crippen molar-refractivity contribution in [3.8, 4) is 115 Å². The Balaban J connectivity index is 0.000000160. The van der Waals surface area contributed by atoms with Gasteiger partial charge in [0.25, 0.3) is 5.91 Å². The summed E-state index contributed by atoms with van der Waals surface area (Å²) in [4.78, 5) is 67.5. The minimum atomic E-state index is -1.05. The SMILES string of the molecule is COc1c(C)c(OC)c2c(c1O)[C@@H]1[C@@H]3Cc4c(OC)c(C)c(OC)c(O)c4[C@H](CN)N3[C@@H](C#N)[C@H](C2)N1C.COc1c(C)c(OC)c2c(c1O)[C@@H]1[C@@H]3Cc4c(OC)c(C)c(OC)c(O)c4[C@H](CNC(=O)c4ccc5cc(OCCCCNC(=O)OCC6c7ccccc7-c7ccccc76)ccc5n4)N3[C@@H](C#N)[C@H](C2)N1C.O=C(NCCCCOc1ccc2nc(C(=O)O)ccc2c1)OCC1c2ccccc2-c2ccccc21. The Morgan fingerprint density at radius 1 is 0.415 bits per heavy atom. The topological polar surface area (TPSA) is 429 Å². The van der Waals surface area contributed by atoms with E-state index in [2.05, 4.69) is 101 Å². The number of nitrogens with zero attached hydrogens (tertiary/aromatic N) is 8. The molecule has 6 aliphatic heterocycles. The number of amides is 3. The number of pyridine rings is 2. The number of carboxylic acids is 1. The van der Waals surface area contributed by atoms with Crippen molar-refractivity contribution in [1.29, 1.82) is 10.5 Å². The van der Waals surface area contributed by atoms with Gasteiger partial charge in [-0.3, -0.25) is 24.4 Å². The van der Waals surface area contributed by atoms with Gasteiger partial charge in [-0.15, -0.1) is 0 Å². The fourth-order valence-corrected chi connectivity index (χ4v) is 24.3. The van der Waals surface area contributed by atoms with Gasteiger partial charge in [0.2, 0.25) is 0 Å². The molecule has 2 saturated heterocycles. The maximum Gasteiger partial charge on any atom is 0.407 e. The maximum atomic E-state index is 14.2. The van der Waals surface area contributed by atoms with E-state index < -0.39 is 60.3 Å². The third-order valence-electron chi connectivity index (χ3n) is 30.7. The number of alkyl carbamates (subject to hydrolysis) is 2. The van der Waals surface area contributed by atoms with Crippen molar-refractivity contribution in [2.45, 2.75) is 151 Å². The number of nitrogens with one attached hydrogen (secondary N) is 3. The second-order valence-electron chi connectivity index (χ2n) is 38.1. The number of ether oxygens (including phenoxy) is 12. The monoisotopic (exact) mass is 1990 g/mol. The highest BCUT2D eigenvalue weighted by Crippen LogP contribution is 2.63. The van der Waals surface area contributed by atoms with Crippen LogP contribution in [0.4, 0.5) is 9.59 Å². The van der Waals surface area contributed by atoms with Crippen molar-refractivity contribution in [1.82, 2.24) is 45.5 Å². The number of nitriles is 2. The van der Waals surface area contributed by atoms with Gasteiger partial charge in [0.15, 0.2) is 46.0 Å². The number of piperazine rings is 2. The van der Waals surface area contributed by atoms with Crippen LogP contribution in [0.2, 0.25) is 0 Å². The lowest BCUT2D eigenvalue weighted by Gasteiger charge is -2.60. The number of phenols is 4. The van der Waals surface area contributed by atoms with Gasteiger partial charge >= 0.3 is 18.2 Å². The number of likely N-dealkylation sites (N-methyl/N-ethyl adjacent to an activating group) is 2. The van der Waals surface area contributed by atoms with E-state index in [0.717, 1.165) is 51.4 Å². The first-order chi connectivity index (χ1) is 71.2. The molecule has 2 fully saturated rings. The lowest BCUT2D eigenvalue weighted by Crippen LogP contribution is -2.68. The lowest BCUT2D eigenvalue weighted by molar-refractivity contribution is -0.0724. The number of unbranched alkanes of at least 4 members (excludes halogenated alkanes) is 2. The van der Waals surface area contributed by atoms with Crippen LogP contribution in [-0.2, 0) is 35.2 Å². The molecule has 0 spiro atoms. The molecule has 20 rings (SSSR count). The third-order valence-corrected chi connectivity index (χ3v) is 30.7. The van der Waals surface area contributed by atoms with Crippen molar-refractivity contribution in [2.75, 3.05) is 124 Å². The molecule has 0 unspecified atom stereocenters. The van der Waals surface area contributed by atoms with Gasteiger partial charge in [-0.1, -0.05) is 109 Å². The largest absolute Gasteiger partial charge is 0.504 e. The number of carbonyl (C=O) groups is 4. The van der Waals surface area contributed by atoms with Crippen LogP contribution < -0.4 is 69.1 Å². The Kier molecular flexibility index (Phi) is 29.7. The first-order valence-corrected chi connectivity index (χ1v) is 49.3. The minimum absolute atomic E-state index is 0.000552. The van der Waals surface area contributed by atoms with E-state index in [4.69, 9.17) is 72.7 Å². The van der Waals surface area contributed by atoms with E-state index in [9.17, 15) is 50.1 Å². The number of aromatic hydroxyl groups is 4. The molecule has 10 N–H and O–H groups in total. The number of benzene rings is 10. The molecule has 2 aromatic heterocycles. The molecule has 4 bridgehead atoms. The summed E-state index contributed by atoms with van der Waals surface area (Å²) in [6, 6.07) is 51.2. The predicted molar refractivity (Wildman–Crippen MR) is 550 cm³/mol. The summed E-state index contributed by atoms with van der Waals surface area (Å²) in [5.41, 5.74) is 25.8. The Morgan fingerprint density at radius 3 is 1.11 bits per heavy atom. The highest BCUT2D eigenvalue weighted by atomic mass is 16.6. The van der Waals surface area contributed by atoms with E-state index in [1.165, 1.54) is 79.0 Å². The molecule has 764 valence electrons. The molecule has 33 heteroatoms. The fourth-order valence-electron chi connectivity index (χ4n) is 24.3. The van der Waals surface area contributed by atoms with Gasteiger partial charge in [-0.05, 0) is 186 Å². The molecule has 12 aromatic rings. The van der Waals surface area contributed by atoms with Crippen molar-refractivity contribution in [3.05, 3.63) is 258 Å². The van der Waals surface area contributed by atoms with E-state index in [-0.39, 0.29) is 95.8 Å². The molecule has 8 aliphatic rings. The van der Waals surface area contributed by atoms with Crippen LogP contribution in [0.5, 0.6) is 80.5 Å². The molecule has 10 aromatic carbocycles. The third kappa shape index (κ3) is 18.3. The second-order valence-corrected chi connectivity index (χ2v) is 38.1. The number of hydrogen-bond donors (Lipinski definition) is 9.